The van der Waals surface area contributed by atoms with Crippen LogP contribution in [0.1, 0.15) is 182 Å². The van der Waals surface area contributed by atoms with Gasteiger partial charge in [-0.1, -0.05) is 130 Å². The van der Waals surface area contributed by atoms with Gasteiger partial charge < -0.3 is 39.6 Å². The van der Waals surface area contributed by atoms with Crippen molar-refractivity contribution in [2.45, 2.75) is 182 Å². The van der Waals surface area contributed by atoms with Gasteiger partial charge in [0, 0.05) is 62.8 Å². The first-order chi connectivity index (χ1) is 19.1. The minimum absolute atomic E-state index is 0. The number of aliphatic carboxylic acids is 4. The van der Waals surface area contributed by atoms with Crippen LogP contribution < -0.4 is 20.4 Å². The summed E-state index contributed by atoms with van der Waals surface area (Å²) in [7, 11) is 0. The summed E-state index contributed by atoms with van der Waals surface area (Å²) in [5, 5.41) is 39.7. The Morgan fingerprint density at radius 2 is 0.452 bits per heavy atom. The Morgan fingerprint density at radius 3 is 0.571 bits per heavy atom. The summed E-state index contributed by atoms with van der Waals surface area (Å²) in [6.07, 6.45) is 22.4. The molecule has 8 nitrogen and oxygen atoms in total. The minimum Gasteiger partial charge on any atom is -0.550 e. The fraction of sp³-hybridized carbons (Fsp3) is 0.875. The summed E-state index contributed by atoms with van der Waals surface area (Å²) in [5.74, 6) is -3.68. The second-order valence-corrected chi connectivity index (χ2v) is 10.1. The van der Waals surface area contributed by atoms with Crippen LogP contribution in [0.5, 0.6) is 0 Å². The Kier molecular flexibility index (Phi) is 63.6. The zero-order chi connectivity index (χ0) is 31.3. The maximum atomic E-state index is 9.92. The molecule has 10 heteroatoms. The second-order valence-electron chi connectivity index (χ2n) is 10.1. The third kappa shape index (κ3) is 77.3. The van der Waals surface area contributed by atoms with E-state index >= 15 is 0 Å². The van der Waals surface area contributed by atoms with E-state index in [-0.39, 0.29) is 64.6 Å². The molecule has 0 heterocycles. The van der Waals surface area contributed by atoms with Crippen LogP contribution in [0.15, 0.2) is 0 Å². The molecule has 0 saturated heterocycles. The third-order valence-corrected chi connectivity index (χ3v) is 5.94. The maximum absolute atomic E-state index is 9.92. The molecule has 258 valence electrons. The first kappa shape index (κ1) is 53.7. The largest absolute Gasteiger partial charge is 0.550 e. The van der Waals surface area contributed by atoms with Crippen LogP contribution in [0.3, 0.4) is 0 Å². The van der Waals surface area contributed by atoms with Gasteiger partial charge >= 0.3 is 0 Å². The smallest absolute Gasteiger partial charge is 0.0414 e. The molecule has 2 radical (unpaired) electrons. The number of carboxylic acids is 4. The Balaban J connectivity index is -0.000000101. The van der Waals surface area contributed by atoms with Crippen molar-refractivity contribution in [1.82, 2.24) is 0 Å². The van der Waals surface area contributed by atoms with Crippen molar-refractivity contribution in [3.05, 3.63) is 0 Å². The molecular formula is C32H60O8Rh2-4. The Bertz CT molecular complexity index is 465. The van der Waals surface area contributed by atoms with Crippen molar-refractivity contribution < 1.29 is 78.6 Å². The summed E-state index contributed by atoms with van der Waals surface area (Å²) in [5.41, 5.74) is 0. The van der Waals surface area contributed by atoms with Gasteiger partial charge in [-0.15, -0.1) is 0 Å². The molecule has 0 spiro atoms. The topological polar surface area (TPSA) is 161 Å². The van der Waals surface area contributed by atoms with Crippen molar-refractivity contribution >= 4 is 23.9 Å². The monoisotopic (exact) mass is 778 g/mol. The molecule has 42 heavy (non-hydrogen) atoms. The molecule has 0 aliphatic rings. The molecular weight excluding hydrogens is 718 g/mol. The van der Waals surface area contributed by atoms with E-state index in [1.807, 2.05) is 0 Å². The standard InChI is InChI=1S/4C8H16O2.2Rh/c4*1-2-3-4-5-6-7-8(9)10;;/h4*2-7H2,1H3,(H,9,10);;/p-4. The first-order valence-electron chi connectivity index (χ1n) is 15.9. The van der Waals surface area contributed by atoms with Crippen LogP contribution in [0.2, 0.25) is 0 Å². The van der Waals surface area contributed by atoms with Crippen LogP contribution in [0.4, 0.5) is 0 Å². The maximum Gasteiger partial charge on any atom is 0.0414 e. The van der Waals surface area contributed by atoms with E-state index in [2.05, 4.69) is 27.7 Å². The number of hydrogen-bond acceptors (Lipinski definition) is 8. The van der Waals surface area contributed by atoms with Gasteiger partial charge in [-0.25, -0.2) is 0 Å². The van der Waals surface area contributed by atoms with E-state index in [9.17, 15) is 39.6 Å². The fourth-order valence-corrected chi connectivity index (χ4v) is 3.49. The van der Waals surface area contributed by atoms with E-state index in [1.54, 1.807) is 0 Å². The number of rotatable bonds is 24. The first-order valence-corrected chi connectivity index (χ1v) is 15.9. The van der Waals surface area contributed by atoms with E-state index in [4.69, 9.17) is 0 Å². The molecule has 0 aromatic rings. The molecule has 0 saturated carbocycles. The van der Waals surface area contributed by atoms with Crippen LogP contribution >= 0.6 is 0 Å². The average Bonchev–Trinajstić information content (AvgIpc) is 2.89. The van der Waals surface area contributed by atoms with E-state index in [0.717, 1.165) is 77.0 Å². The summed E-state index contributed by atoms with van der Waals surface area (Å²) in [4.78, 5) is 39.7. The SMILES string of the molecule is CCCCCCCC(=O)[O-].CCCCCCCC(=O)[O-].CCCCCCCC(=O)[O-].CCCCCCCC(=O)[O-].[Rh].[Rh]. The van der Waals surface area contributed by atoms with Crippen molar-refractivity contribution in [1.29, 1.82) is 0 Å². The summed E-state index contributed by atoms with van der Waals surface area (Å²) < 4.78 is 0. The molecule has 0 bridgehead atoms. The van der Waals surface area contributed by atoms with Gasteiger partial charge in [-0.2, -0.15) is 0 Å². The normalized spacial score (nSPS) is 9.24. The van der Waals surface area contributed by atoms with Gasteiger partial charge in [0.15, 0.2) is 0 Å². The van der Waals surface area contributed by atoms with Gasteiger partial charge in [0.25, 0.3) is 0 Å². The Morgan fingerprint density at radius 1 is 0.310 bits per heavy atom. The predicted molar refractivity (Wildman–Crippen MR) is 154 cm³/mol. The van der Waals surface area contributed by atoms with E-state index in [1.165, 1.54) is 51.4 Å². The molecule has 0 fully saturated rings. The number of carbonyl (C=O) groups excluding carboxylic acids is 4. The third-order valence-electron chi connectivity index (χ3n) is 5.94. The zero-order valence-electron chi connectivity index (χ0n) is 26.9. The van der Waals surface area contributed by atoms with E-state index < -0.39 is 23.9 Å². The van der Waals surface area contributed by atoms with Gasteiger partial charge in [-0.3, -0.25) is 0 Å². The van der Waals surface area contributed by atoms with Crippen molar-refractivity contribution in [3.63, 3.8) is 0 Å². The van der Waals surface area contributed by atoms with Gasteiger partial charge in [0.2, 0.25) is 0 Å². The number of hydrogen-bond donors (Lipinski definition) is 0. The minimum atomic E-state index is -0.920. The van der Waals surface area contributed by atoms with Crippen LogP contribution in [-0.2, 0) is 58.1 Å². The van der Waals surface area contributed by atoms with Gasteiger partial charge in [-0.05, 0) is 51.4 Å². The fourth-order valence-electron chi connectivity index (χ4n) is 3.49. The van der Waals surface area contributed by atoms with Crippen molar-refractivity contribution in [2.24, 2.45) is 0 Å². The number of carboxylic acid groups (broad SMARTS) is 4. The molecule has 0 aromatic carbocycles. The molecule has 0 amide bonds. The molecule has 0 rings (SSSR count). The van der Waals surface area contributed by atoms with Crippen LogP contribution in [-0.4, -0.2) is 23.9 Å². The molecule has 0 N–H and O–H groups in total. The summed E-state index contributed by atoms with van der Waals surface area (Å²) in [6.45, 7) is 8.55. The molecule has 0 aromatic heterocycles. The number of unbranched alkanes of at least 4 members (excludes halogenated alkanes) is 16. The Hall–Kier alpha value is -0.873. The summed E-state index contributed by atoms with van der Waals surface area (Å²) in [6, 6.07) is 0. The van der Waals surface area contributed by atoms with Crippen LogP contribution in [0.25, 0.3) is 0 Å². The molecule has 0 aliphatic carbocycles. The molecule has 0 atom stereocenters. The van der Waals surface area contributed by atoms with Gasteiger partial charge in [0.1, 0.15) is 0 Å². The molecule has 0 unspecified atom stereocenters. The quantitative estimate of drug-likeness (QED) is 0.103. The van der Waals surface area contributed by atoms with Crippen molar-refractivity contribution in [2.75, 3.05) is 0 Å². The second kappa shape index (κ2) is 49.8. The molecule has 0 aliphatic heterocycles. The predicted octanol–water partition coefficient (Wildman–Crippen LogP) is 4.38. The van der Waals surface area contributed by atoms with E-state index in [0.29, 0.717) is 0 Å². The Labute approximate surface area is 283 Å². The van der Waals surface area contributed by atoms with Crippen molar-refractivity contribution in [3.8, 4) is 0 Å². The zero-order valence-corrected chi connectivity index (χ0v) is 30.2. The number of carbonyl (C=O) groups is 4. The summed E-state index contributed by atoms with van der Waals surface area (Å²) >= 11 is 0. The van der Waals surface area contributed by atoms with Gasteiger partial charge in [0.05, 0.1) is 0 Å². The average molecular weight is 779 g/mol. The van der Waals surface area contributed by atoms with Crippen LogP contribution in [0, 0.1) is 0 Å².